The molecule has 0 N–H and O–H groups in total. The molecule has 1 heterocycles. The molecule has 0 radical (unpaired) electrons. The lowest BCUT2D eigenvalue weighted by Crippen LogP contribution is -2.14. The molecule has 0 atom stereocenters. The van der Waals surface area contributed by atoms with Gasteiger partial charge in [-0.15, -0.1) is 0 Å². The highest BCUT2D eigenvalue weighted by Crippen LogP contribution is 2.30. The fraction of sp³-hybridized carbons (Fsp3) is 0.455. The molecule has 0 bridgehead atoms. The Balaban J connectivity index is 2.30. The Kier molecular flexibility index (Phi) is 7.96. The standard InChI is InChI=1S/C22H28FNO5/c1-13(2)22-18(29-12-26-5)8-7-16(24-22)10-17-14(3)9-19(21(23)15(17)4)28-11-20(25)27-6/h7-9,13H,10-12H2,1-6H3. The van der Waals surface area contributed by atoms with Crippen molar-refractivity contribution in [1.29, 1.82) is 0 Å². The second-order valence-corrected chi connectivity index (χ2v) is 7.04. The smallest absolute Gasteiger partial charge is 0.343 e. The monoisotopic (exact) mass is 405 g/mol. The summed E-state index contributed by atoms with van der Waals surface area (Å²) >= 11 is 0. The minimum absolute atomic E-state index is 0.0355. The first kappa shape index (κ1) is 22.6. The summed E-state index contributed by atoms with van der Waals surface area (Å²) < 4.78 is 35.1. The summed E-state index contributed by atoms with van der Waals surface area (Å²) in [6.07, 6.45) is 0.468. The van der Waals surface area contributed by atoms with Crippen molar-refractivity contribution in [3.63, 3.8) is 0 Å². The van der Waals surface area contributed by atoms with Gasteiger partial charge < -0.3 is 18.9 Å². The third-order valence-electron chi connectivity index (χ3n) is 4.58. The first-order chi connectivity index (χ1) is 13.8. The van der Waals surface area contributed by atoms with Crippen molar-refractivity contribution in [2.45, 2.75) is 40.0 Å². The Morgan fingerprint density at radius 3 is 2.48 bits per heavy atom. The molecule has 6 nitrogen and oxygen atoms in total. The molecule has 1 aromatic carbocycles. The van der Waals surface area contributed by atoms with E-state index in [2.05, 4.69) is 4.74 Å². The number of benzene rings is 1. The molecule has 0 saturated heterocycles. The van der Waals surface area contributed by atoms with Crippen molar-refractivity contribution in [1.82, 2.24) is 4.98 Å². The lowest BCUT2D eigenvalue weighted by atomic mass is 9.96. The van der Waals surface area contributed by atoms with Crippen LogP contribution in [0, 0.1) is 19.7 Å². The van der Waals surface area contributed by atoms with E-state index in [1.165, 1.54) is 7.11 Å². The van der Waals surface area contributed by atoms with E-state index < -0.39 is 11.8 Å². The van der Waals surface area contributed by atoms with E-state index in [4.69, 9.17) is 19.2 Å². The third-order valence-corrected chi connectivity index (χ3v) is 4.58. The zero-order valence-corrected chi connectivity index (χ0v) is 17.8. The second kappa shape index (κ2) is 10.2. The zero-order chi connectivity index (χ0) is 21.6. The summed E-state index contributed by atoms with van der Waals surface area (Å²) in [6, 6.07) is 5.33. The molecule has 7 heteroatoms. The maximum Gasteiger partial charge on any atom is 0.343 e. The quantitative estimate of drug-likeness (QED) is 0.463. The van der Waals surface area contributed by atoms with Gasteiger partial charge in [-0.1, -0.05) is 13.8 Å². The number of esters is 1. The van der Waals surface area contributed by atoms with Gasteiger partial charge in [0.05, 0.1) is 12.8 Å². The highest BCUT2D eigenvalue weighted by atomic mass is 19.1. The first-order valence-corrected chi connectivity index (χ1v) is 9.38. The molecule has 0 aliphatic rings. The summed E-state index contributed by atoms with van der Waals surface area (Å²) in [4.78, 5) is 16.0. The Labute approximate surface area is 171 Å². The number of hydrogen-bond donors (Lipinski definition) is 0. The maximum atomic E-state index is 14.8. The molecular weight excluding hydrogens is 377 g/mol. The van der Waals surface area contributed by atoms with Crippen LogP contribution in [0.5, 0.6) is 11.5 Å². The van der Waals surface area contributed by atoms with Crippen LogP contribution >= 0.6 is 0 Å². The van der Waals surface area contributed by atoms with Gasteiger partial charge in [-0.05, 0) is 54.7 Å². The third kappa shape index (κ3) is 5.67. The number of carbonyl (C=O) groups excluding carboxylic acids is 1. The van der Waals surface area contributed by atoms with Gasteiger partial charge in [-0.3, -0.25) is 4.98 Å². The van der Waals surface area contributed by atoms with Crippen LogP contribution in [0.3, 0.4) is 0 Å². The Hall–Kier alpha value is -2.67. The molecule has 0 unspecified atom stereocenters. The van der Waals surface area contributed by atoms with Crippen LogP contribution in [0.2, 0.25) is 0 Å². The summed E-state index contributed by atoms with van der Waals surface area (Å²) in [5, 5.41) is 0. The van der Waals surface area contributed by atoms with Crippen LogP contribution in [0.15, 0.2) is 18.2 Å². The summed E-state index contributed by atoms with van der Waals surface area (Å²) in [6.45, 7) is 7.46. The molecule has 0 spiro atoms. The first-order valence-electron chi connectivity index (χ1n) is 9.38. The molecule has 0 amide bonds. The van der Waals surface area contributed by atoms with Crippen molar-refractivity contribution < 1.29 is 28.1 Å². The molecule has 2 rings (SSSR count). The predicted octanol–water partition coefficient (Wildman–Crippen LogP) is 4.09. The summed E-state index contributed by atoms with van der Waals surface area (Å²) in [5.41, 5.74) is 3.80. The number of ether oxygens (including phenoxy) is 4. The van der Waals surface area contributed by atoms with Crippen molar-refractivity contribution in [2.24, 2.45) is 0 Å². The number of rotatable bonds is 9. The van der Waals surface area contributed by atoms with Crippen LogP contribution in [-0.4, -0.2) is 38.6 Å². The molecule has 2 aromatic rings. The van der Waals surface area contributed by atoms with Crippen LogP contribution in [-0.2, 0) is 20.7 Å². The van der Waals surface area contributed by atoms with Crippen LogP contribution in [0.25, 0.3) is 0 Å². The van der Waals surface area contributed by atoms with Gasteiger partial charge in [0, 0.05) is 19.2 Å². The fourth-order valence-corrected chi connectivity index (χ4v) is 2.97. The Morgan fingerprint density at radius 2 is 1.86 bits per heavy atom. The molecule has 0 aliphatic heterocycles. The van der Waals surface area contributed by atoms with E-state index in [-0.39, 0.29) is 25.1 Å². The summed E-state index contributed by atoms with van der Waals surface area (Å²) in [7, 11) is 2.82. The number of halogens is 1. The average Bonchev–Trinajstić information content (AvgIpc) is 2.71. The van der Waals surface area contributed by atoms with E-state index in [0.717, 1.165) is 22.5 Å². The molecule has 0 saturated carbocycles. The minimum Gasteiger partial charge on any atom is -0.479 e. The van der Waals surface area contributed by atoms with E-state index in [0.29, 0.717) is 17.7 Å². The van der Waals surface area contributed by atoms with Crippen molar-refractivity contribution in [3.05, 3.63) is 52.1 Å². The van der Waals surface area contributed by atoms with E-state index in [1.807, 2.05) is 32.9 Å². The van der Waals surface area contributed by atoms with Crippen molar-refractivity contribution in [3.8, 4) is 11.5 Å². The van der Waals surface area contributed by atoms with Gasteiger partial charge in [0.15, 0.2) is 25.0 Å². The van der Waals surface area contributed by atoms with Gasteiger partial charge in [0.25, 0.3) is 0 Å². The zero-order valence-electron chi connectivity index (χ0n) is 17.8. The second-order valence-electron chi connectivity index (χ2n) is 7.04. The lowest BCUT2D eigenvalue weighted by Gasteiger charge is -2.17. The Bertz CT molecular complexity index is 867. The van der Waals surface area contributed by atoms with Gasteiger partial charge in [0.1, 0.15) is 5.75 Å². The van der Waals surface area contributed by atoms with Gasteiger partial charge in [-0.25, -0.2) is 9.18 Å². The van der Waals surface area contributed by atoms with Crippen LogP contribution in [0.1, 0.15) is 47.8 Å². The number of nitrogens with zero attached hydrogens (tertiary/aromatic N) is 1. The number of methoxy groups -OCH3 is 2. The normalized spacial score (nSPS) is 10.9. The average molecular weight is 405 g/mol. The Morgan fingerprint density at radius 1 is 1.14 bits per heavy atom. The fourth-order valence-electron chi connectivity index (χ4n) is 2.97. The topological polar surface area (TPSA) is 66.9 Å². The highest BCUT2D eigenvalue weighted by Gasteiger charge is 2.18. The largest absolute Gasteiger partial charge is 0.479 e. The number of hydrogen-bond acceptors (Lipinski definition) is 6. The van der Waals surface area contributed by atoms with E-state index in [9.17, 15) is 9.18 Å². The molecule has 0 aliphatic carbocycles. The van der Waals surface area contributed by atoms with Gasteiger partial charge in [0.2, 0.25) is 0 Å². The summed E-state index contributed by atoms with van der Waals surface area (Å²) in [5.74, 6) is -0.177. The number of aromatic nitrogens is 1. The van der Waals surface area contributed by atoms with Crippen LogP contribution < -0.4 is 9.47 Å². The predicted molar refractivity (Wildman–Crippen MR) is 107 cm³/mol. The van der Waals surface area contributed by atoms with Crippen LogP contribution in [0.4, 0.5) is 4.39 Å². The molecule has 29 heavy (non-hydrogen) atoms. The molecule has 0 fully saturated rings. The van der Waals surface area contributed by atoms with Crippen molar-refractivity contribution in [2.75, 3.05) is 27.6 Å². The van der Waals surface area contributed by atoms with Gasteiger partial charge >= 0.3 is 5.97 Å². The lowest BCUT2D eigenvalue weighted by molar-refractivity contribution is -0.142. The molecule has 158 valence electrons. The number of aryl methyl sites for hydroxylation is 1. The molecular formula is C22H28FNO5. The van der Waals surface area contributed by atoms with E-state index >= 15 is 0 Å². The molecule has 1 aromatic heterocycles. The minimum atomic E-state index is -0.565. The van der Waals surface area contributed by atoms with Crippen molar-refractivity contribution >= 4 is 5.97 Å². The number of carbonyl (C=O) groups is 1. The maximum absolute atomic E-state index is 14.8. The van der Waals surface area contributed by atoms with Gasteiger partial charge in [-0.2, -0.15) is 0 Å². The number of pyridine rings is 1. The van der Waals surface area contributed by atoms with E-state index in [1.54, 1.807) is 20.1 Å². The SMILES string of the molecule is COCOc1ccc(Cc2c(C)cc(OCC(=O)OC)c(F)c2C)nc1C(C)C. The highest BCUT2D eigenvalue weighted by molar-refractivity contribution is 5.70.